The second-order valence-corrected chi connectivity index (χ2v) is 9.45. The van der Waals surface area contributed by atoms with Crippen LogP contribution in [-0.4, -0.2) is 38.9 Å². The van der Waals surface area contributed by atoms with Gasteiger partial charge in [-0.2, -0.15) is 11.8 Å². The summed E-state index contributed by atoms with van der Waals surface area (Å²) >= 11 is 1.69. The molecule has 1 atom stereocenters. The van der Waals surface area contributed by atoms with E-state index in [-0.39, 0.29) is 5.69 Å². The van der Waals surface area contributed by atoms with E-state index in [2.05, 4.69) is 24.4 Å². The molecule has 1 N–H and O–H groups in total. The molecule has 8 heteroatoms. The Morgan fingerprint density at radius 2 is 1.93 bits per heavy atom. The Hall–Kier alpha value is -2.06. The molecule has 0 aromatic heterocycles. The molecule has 0 aliphatic carbocycles. The number of thioether (sulfide) groups is 1. The van der Waals surface area contributed by atoms with Gasteiger partial charge in [-0.05, 0) is 43.2 Å². The fourth-order valence-corrected chi connectivity index (χ4v) is 4.87. The third-order valence-corrected chi connectivity index (χ3v) is 6.47. The molecule has 1 amide bonds. The molecule has 2 rings (SSSR count). The summed E-state index contributed by atoms with van der Waals surface area (Å²) < 4.78 is 38.8. The predicted molar refractivity (Wildman–Crippen MR) is 114 cm³/mol. The summed E-state index contributed by atoms with van der Waals surface area (Å²) in [5.41, 5.74) is 2.60. The van der Waals surface area contributed by atoms with Crippen LogP contribution in [0.15, 0.2) is 48.5 Å². The van der Waals surface area contributed by atoms with E-state index in [0.717, 1.165) is 22.4 Å². The highest BCUT2D eigenvalue weighted by atomic mass is 32.2. The number of benzene rings is 2. The van der Waals surface area contributed by atoms with Gasteiger partial charge in [0.05, 0.1) is 11.9 Å². The molecule has 2 aromatic rings. The zero-order chi connectivity index (χ0) is 20.7. The van der Waals surface area contributed by atoms with E-state index in [9.17, 15) is 17.6 Å². The molecule has 0 fully saturated rings. The minimum Gasteiger partial charge on any atom is -0.353 e. The second kappa shape index (κ2) is 9.93. The summed E-state index contributed by atoms with van der Waals surface area (Å²) in [4.78, 5) is 12.5. The van der Waals surface area contributed by atoms with Gasteiger partial charge in [-0.3, -0.25) is 9.10 Å². The second-order valence-electron chi connectivity index (χ2n) is 6.48. The highest BCUT2D eigenvalue weighted by Crippen LogP contribution is 2.21. The summed E-state index contributed by atoms with van der Waals surface area (Å²) in [6, 6.07) is 12.3. The first-order valence-corrected chi connectivity index (χ1v) is 11.9. The number of amides is 1. The van der Waals surface area contributed by atoms with Gasteiger partial charge < -0.3 is 5.32 Å². The van der Waals surface area contributed by atoms with Gasteiger partial charge in [0.15, 0.2) is 0 Å². The van der Waals surface area contributed by atoms with E-state index >= 15 is 0 Å². The van der Waals surface area contributed by atoms with Gasteiger partial charge in [0, 0.05) is 18.1 Å². The van der Waals surface area contributed by atoms with Gasteiger partial charge in [-0.1, -0.05) is 30.3 Å². The number of hydrogen-bond acceptors (Lipinski definition) is 4. The average Bonchev–Trinajstić information content (AvgIpc) is 2.61. The summed E-state index contributed by atoms with van der Waals surface area (Å²) in [6.45, 7) is 3.97. The van der Waals surface area contributed by atoms with Crippen molar-refractivity contribution in [3.63, 3.8) is 0 Å². The molecule has 0 unspecified atom stereocenters. The number of aryl methyl sites for hydroxylation is 1. The lowest BCUT2D eigenvalue weighted by Crippen LogP contribution is -2.48. The summed E-state index contributed by atoms with van der Waals surface area (Å²) in [7, 11) is -3.75. The maximum Gasteiger partial charge on any atom is 0.243 e. The maximum atomic E-state index is 13.5. The van der Waals surface area contributed by atoms with Crippen molar-refractivity contribution in [3.8, 4) is 0 Å². The molecule has 0 saturated carbocycles. The highest BCUT2D eigenvalue weighted by Gasteiger charge is 2.29. The molecule has 0 aliphatic rings. The van der Waals surface area contributed by atoms with Crippen molar-refractivity contribution in [1.82, 2.24) is 5.32 Å². The number of hydrogen-bond donors (Lipinski definition) is 1. The standard InChI is InChI=1S/C20H25FN2O3S2/c1-15-7-4-5-8-17(15)14-27-12-11-22-20(24)16(2)23(28(3,25)26)19-10-6-9-18(21)13-19/h4-10,13,16H,11-12,14H2,1-3H3,(H,22,24)/t16-/m1/s1. The van der Waals surface area contributed by atoms with Crippen molar-refractivity contribution >= 4 is 33.4 Å². The molecule has 2 aromatic carbocycles. The van der Waals surface area contributed by atoms with Crippen molar-refractivity contribution in [1.29, 1.82) is 0 Å². The Balaban J connectivity index is 1.91. The van der Waals surface area contributed by atoms with Gasteiger partial charge in [-0.25, -0.2) is 12.8 Å². The smallest absolute Gasteiger partial charge is 0.243 e. The van der Waals surface area contributed by atoms with Crippen LogP contribution in [-0.2, 0) is 20.6 Å². The number of carbonyl (C=O) groups excluding carboxylic acids is 1. The Kier molecular flexibility index (Phi) is 7.88. The summed E-state index contributed by atoms with van der Waals surface area (Å²) in [5, 5.41) is 2.76. The molecule has 0 heterocycles. The van der Waals surface area contributed by atoms with Crippen LogP contribution in [0.5, 0.6) is 0 Å². The Morgan fingerprint density at radius 3 is 2.57 bits per heavy atom. The van der Waals surface area contributed by atoms with Gasteiger partial charge >= 0.3 is 0 Å². The van der Waals surface area contributed by atoms with Crippen molar-refractivity contribution in [2.75, 3.05) is 22.9 Å². The first-order valence-electron chi connectivity index (χ1n) is 8.85. The normalized spacial score (nSPS) is 12.4. The van der Waals surface area contributed by atoms with Crippen LogP contribution >= 0.6 is 11.8 Å². The minimum absolute atomic E-state index is 0.124. The third-order valence-electron chi connectivity index (χ3n) is 4.22. The largest absolute Gasteiger partial charge is 0.353 e. The van der Waals surface area contributed by atoms with Crippen LogP contribution in [0.4, 0.5) is 10.1 Å². The number of carbonyl (C=O) groups is 1. The van der Waals surface area contributed by atoms with Gasteiger partial charge in [0.1, 0.15) is 11.9 Å². The first kappa shape index (κ1) is 22.2. The molecule has 28 heavy (non-hydrogen) atoms. The zero-order valence-corrected chi connectivity index (χ0v) is 17.8. The van der Waals surface area contributed by atoms with Crippen molar-refractivity contribution in [2.45, 2.75) is 25.6 Å². The minimum atomic E-state index is -3.75. The van der Waals surface area contributed by atoms with Crippen LogP contribution in [0.25, 0.3) is 0 Å². The number of anilines is 1. The van der Waals surface area contributed by atoms with Crippen molar-refractivity contribution in [2.24, 2.45) is 0 Å². The molecule has 5 nitrogen and oxygen atoms in total. The van der Waals surface area contributed by atoms with Crippen LogP contribution in [0.3, 0.4) is 0 Å². The van der Waals surface area contributed by atoms with E-state index in [0.29, 0.717) is 12.3 Å². The fourth-order valence-electron chi connectivity index (χ4n) is 2.77. The number of nitrogens with one attached hydrogen (secondary N) is 1. The Labute approximate surface area is 170 Å². The van der Waals surface area contributed by atoms with Crippen molar-refractivity contribution < 1.29 is 17.6 Å². The predicted octanol–water partition coefficient (Wildman–Crippen LogP) is 3.34. The first-order chi connectivity index (χ1) is 13.2. The SMILES string of the molecule is Cc1ccccc1CSCCNC(=O)[C@@H](C)N(c1cccc(F)c1)S(C)(=O)=O. The van der Waals surface area contributed by atoms with Crippen molar-refractivity contribution in [3.05, 3.63) is 65.5 Å². The molecule has 0 spiro atoms. The molecule has 0 bridgehead atoms. The fraction of sp³-hybridized carbons (Fsp3) is 0.350. The van der Waals surface area contributed by atoms with E-state index < -0.39 is 27.8 Å². The van der Waals surface area contributed by atoms with E-state index in [1.165, 1.54) is 36.2 Å². The molecule has 152 valence electrons. The van der Waals surface area contributed by atoms with E-state index in [1.807, 2.05) is 12.1 Å². The maximum absolute atomic E-state index is 13.5. The topological polar surface area (TPSA) is 66.5 Å². The lowest BCUT2D eigenvalue weighted by atomic mass is 10.1. The number of rotatable bonds is 9. The summed E-state index contributed by atoms with van der Waals surface area (Å²) in [6.07, 6.45) is 1.000. The third kappa shape index (κ3) is 6.24. The molecular weight excluding hydrogens is 399 g/mol. The monoisotopic (exact) mass is 424 g/mol. The average molecular weight is 425 g/mol. The number of nitrogens with zero attached hydrogens (tertiary/aromatic N) is 1. The Morgan fingerprint density at radius 1 is 1.21 bits per heavy atom. The van der Waals surface area contributed by atoms with E-state index in [1.54, 1.807) is 11.8 Å². The van der Waals surface area contributed by atoms with Crippen LogP contribution in [0.1, 0.15) is 18.1 Å². The molecular formula is C20H25FN2O3S2. The van der Waals surface area contributed by atoms with Gasteiger partial charge in [-0.15, -0.1) is 0 Å². The highest BCUT2D eigenvalue weighted by molar-refractivity contribution is 7.98. The van der Waals surface area contributed by atoms with Crippen LogP contribution in [0, 0.1) is 12.7 Å². The zero-order valence-electron chi connectivity index (χ0n) is 16.2. The van der Waals surface area contributed by atoms with E-state index in [4.69, 9.17) is 0 Å². The molecule has 0 aliphatic heterocycles. The van der Waals surface area contributed by atoms with Gasteiger partial charge in [0.2, 0.25) is 15.9 Å². The molecule has 0 saturated heterocycles. The quantitative estimate of drug-likeness (QED) is 0.627. The summed E-state index contributed by atoms with van der Waals surface area (Å²) in [5.74, 6) is 0.556. The van der Waals surface area contributed by atoms with Crippen LogP contribution in [0.2, 0.25) is 0 Å². The molecule has 0 radical (unpaired) electrons. The van der Waals surface area contributed by atoms with Crippen LogP contribution < -0.4 is 9.62 Å². The number of sulfonamides is 1. The lowest BCUT2D eigenvalue weighted by Gasteiger charge is -2.28. The lowest BCUT2D eigenvalue weighted by molar-refractivity contribution is -0.121. The number of halogens is 1. The Bertz CT molecular complexity index is 919. The van der Waals surface area contributed by atoms with Gasteiger partial charge in [0.25, 0.3) is 0 Å².